The van der Waals surface area contributed by atoms with Crippen LogP contribution in [0.1, 0.15) is 25.3 Å². The summed E-state index contributed by atoms with van der Waals surface area (Å²) in [5, 5.41) is 14.9. The van der Waals surface area contributed by atoms with Crippen LogP contribution in [-0.2, 0) is 13.1 Å². The molecule has 0 aliphatic heterocycles. The molecule has 0 aliphatic rings. The number of unbranched alkanes of at least 4 members (excludes halogenated alkanes) is 1. The van der Waals surface area contributed by atoms with Gasteiger partial charge < -0.3 is 10.1 Å². The normalized spacial score (nSPS) is 10.6. The molecule has 0 atom stereocenters. The number of halogens is 1. The van der Waals surface area contributed by atoms with Gasteiger partial charge in [0, 0.05) is 23.1 Å². The van der Waals surface area contributed by atoms with Gasteiger partial charge in [0.1, 0.15) is 5.75 Å². The summed E-state index contributed by atoms with van der Waals surface area (Å²) in [6.45, 7) is 3.57. The number of ether oxygens (including phenoxy) is 1. The fourth-order valence-electron chi connectivity index (χ4n) is 1.85. The molecule has 0 amide bonds. The quantitative estimate of drug-likeness (QED) is 0.840. The molecule has 1 N–H and O–H groups in total. The molecule has 0 saturated carbocycles. The van der Waals surface area contributed by atoms with Gasteiger partial charge in [-0.3, -0.25) is 0 Å². The molecule has 0 spiro atoms. The second-order valence-electron chi connectivity index (χ2n) is 4.39. The Morgan fingerprint density at radius 3 is 3.00 bits per heavy atom. The van der Waals surface area contributed by atoms with Crippen molar-refractivity contribution in [3.05, 3.63) is 28.2 Å². The first-order chi connectivity index (χ1) is 9.74. The maximum absolute atomic E-state index is 5.35. The minimum atomic E-state index is 0.606. The van der Waals surface area contributed by atoms with Crippen molar-refractivity contribution in [2.75, 3.05) is 12.4 Å². The molecule has 0 unspecified atom stereocenters. The van der Waals surface area contributed by atoms with Gasteiger partial charge in [0.15, 0.2) is 0 Å². The van der Waals surface area contributed by atoms with E-state index in [-0.39, 0.29) is 0 Å². The lowest BCUT2D eigenvalue weighted by Gasteiger charge is -2.10. The number of aryl methyl sites for hydroxylation is 1. The summed E-state index contributed by atoms with van der Waals surface area (Å²) in [4.78, 5) is 0. The molecule has 0 fully saturated rings. The van der Waals surface area contributed by atoms with Crippen molar-refractivity contribution in [2.45, 2.75) is 32.9 Å². The van der Waals surface area contributed by atoms with E-state index in [0.717, 1.165) is 35.2 Å². The zero-order valence-electron chi connectivity index (χ0n) is 11.6. The molecule has 0 aliphatic carbocycles. The van der Waals surface area contributed by atoms with Gasteiger partial charge in [-0.1, -0.05) is 34.4 Å². The van der Waals surface area contributed by atoms with Crippen molar-refractivity contribution in [2.24, 2.45) is 0 Å². The highest BCUT2D eigenvalue weighted by Crippen LogP contribution is 2.23. The van der Waals surface area contributed by atoms with Crippen LogP contribution in [0.25, 0.3) is 0 Å². The zero-order chi connectivity index (χ0) is 14.4. The van der Waals surface area contributed by atoms with Crippen LogP contribution in [0.5, 0.6) is 5.75 Å². The Bertz CT molecular complexity index is 557. The Morgan fingerprint density at radius 1 is 1.40 bits per heavy atom. The average molecular weight is 340 g/mol. The molecule has 108 valence electrons. The molecular weight excluding hydrogens is 322 g/mol. The van der Waals surface area contributed by atoms with Gasteiger partial charge in [0.25, 0.3) is 0 Å². The predicted octanol–water partition coefficient (Wildman–Crippen LogP) is 2.86. The molecule has 0 saturated heterocycles. The van der Waals surface area contributed by atoms with Crippen LogP contribution >= 0.6 is 15.9 Å². The molecule has 7 heteroatoms. The van der Waals surface area contributed by atoms with Gasteiger partial charge in [0.05, 0.1) is 7.11 Å². The van der Waals surface area contributed by atoms with E-state index in [1.165, 1.54) is 0 Å². The van der Waals surface area contributed by atoms with Crippen molar-refractivity contribution in [1.29, 1.82) is 0 Å². The first kappa shape index (κ1) is 14.8. The molecule has 1 aromatic heterocycles. The zero-order valence-corrected chi connectivity index (χ0v) is 13.2. The first-order valence-corrected chi connectivity index (χ1v) is 7.36. The molecule has 0 radical (unpaired) electrons. The number of hydrogen-bond donors (Lipinski definition) is 1. The average Bonchev–Trinajstić information content (AvgIpc) is 2.90. The van der Waals surface area contributed by atoms with Crippen LogP contribution in [-0.4, -0.2) is 27.3 Å². The summed E-state index contributed by atoms with van der Waals surface area (Å²) in [5.41, 5.74) is 1.05. The Morgan fingerprint density at radius 2 is 2.25 bits per heavy atom. The topological polar surface area (TPSA) is 64.9 Å². The maximum atomic E-state index is 5.35. The number of anilines is 1. The summed E-state index contributed by atoms with van der Waals surface area (Å²) >= 11 is 3.46. The van der Waals surface area contributed by atoms with Gasteiger partial charge in [0.2, 0.25) is 5.95 Å². The third-order valence-corrected chi connectivity index (χ3v) is 3.43. The minimum Gasteiger partial charge on any atom is -0.496 e. The van der Waals surface area contributed by atoms with Crippen molar-refractivity contribution < 1.29 is 4.74 Å². The molecule has 2 aromatic rings. The summed E-state index contributed by atoms with van der Waals surface area (Å²) in [5.74, 6) is 1.52. The van der Waals surface area contributed by atoms with E-state index in [0.29, 0.717) is 12.5 Å². The lowest BCUT2D eigenvalue weighted by Crippen LogP contribution is -2.09. The number of hydrogen-bond acceptors (Lipinski definition) is 5. The lowest BCUT2D eigenvalue weighted by molar-refractivity contribution is 0.410. The number of rotatable bonds is 7. The van der Waals surface area contributed by atoms with E-state index in [1.54, 1.807) is 11.8 Å². The molecule has 6 nitrogen and oxygen atoms in total. The summed E-state index contributed by atoms with van der Waals surface area (Å²) in [6.07, 6.45) is 2.17. The number of nitrogens with one attached hydrogen (secondary N) is 1. The predicted molar refractivity (Wildman–Crippen MR) is 80.7 cm³/mol. The highest BCUT2D eigenvalue weighted by molar-refractivity contribution is 9.10. The standard InChI is InChI=1S/C13H18BrN5O/c1-3-4-7-19-13(16-17-18-19)15-9-10-8-11(14)5-6-12(10)20-2/h5-6,8H,3-4,7,9H2,1-2H3,(H,15,16,18). The molecule has 1 aromatic carbocycles. The molecular formula is C13H18BrN5O. The third-order valence-electron chi connectivity index (χ3n) is 2.93. The monoisotopic (exact) mass is 339 g/mol. The summed E-state index contributed by atoms with van der Waals surface area (Å²) < 4.78 is 8.15. The second kappa shape index (κ2) is 7.23. The number of methoxy groups -OCH3 is 1. The molecule has 20 heavy (non-hydrogen) atoms. The van der Waals surface area contributed by atoms with Crippen LogP contribution in [0.2, 0.25) is 0 Å². The van der Waals surface area contributed by atoms with E-state index in [4.69, 9.17) is 4.74 Å². The fraction of sp³-hybridized carbons (Fsp3) is 0.462. The van der Waals surface area contributed by atoms with Crippen LogP contribution in [0.3, 0.4) is 0 Å². The van der Waals surface area contributed by atoms with Crippen molar-refractivity contribution in [3.8, 4) is 5.75 Å². The van der Waals surface area contributed by atoms with Crippen LogP contribution in [0.4, 0.5) is 5.95 Å². The minimum absolute atomic E-state index is 0.606. The van der Waals surface area contributed by atoms with Gasteiger partial charge in [-0.2, -0.15) is 0 Å². The van der Waals surface area contributed by atoms with Gasteiger partial charge in [-0.05, 0) is 35.0 Å². The molecule has 0 bridgehead atoms. The van der Waals surface area contributed by atoms with Crippen LogP contribution < -0.4 is 10.1 Å². The van der Waals surface area contributed by atoms with Crippen LogP contribution in [0.15, 0.2) is 22.7 Å². The maximum Gasteiger partial charge on any atom is 0.243 e. The number of aromatic nitrogens is 4. The summed E-state index contributed by atoms with van der Waals surface area (Å²) in [7, 11) is 1.66. The lowest BCUT2D eigenvalue weighted by atomic mass is 10.2. The Balaban J connectivity index is 2.05. The number of nitrogens with zero attached hydrogens (tertiary/aromatic N) is 4. The SMILES string of the molecule is CCCCn1nnnc1NCc1cc(Br)ccc1OC. The molecule has 1 heterocycles. The van der Waals surface area contributed by atoms with Gasteiger partial charge in [-0.25, -0.2) is 4.68 Å². The first-order valence-electron chi connectivity index (χ1n) is 6.57. The smallest absolute Gasteiger partial charge is 0.243 e. The van der Waals surface area contributed by atoms with Crippen LogP contribution in [0, 0.1) is 0 Å². The van der Waals surface area contributed by atoms with Crippen molar-refractivity contribution >= 4 is 21.9 Å². The van der Waals surface area contributed by atoms with E-state index in [1.807, 2.05) is 18.2 Å². The van der Waals surface area contributed by atoms with E-state index in [9.17, 15) is 0 Å². The Kier molecular flexibility index (Phi) is 5.34. The third kappa shape index (κ3) is 3.69. The van der Waals surface area contributed by atoms with E-state index < -0.39 is 0 Å². The highest BCUT2D eigenvalue weighted by Gasteiger charge is 2.08. The van der Waals surface area contributed by atoms with Gasteiger partial charge >= 0.3 is 0 Å². The van der Waals surface area contributed by atoms with Gasteiger partial charge in [-0.15, -0.1) is 0 Å². The Hall–Kier alpha value is -1.63. The molecule has 2 rings (SSSR count). The highest BCUT2D eigenvalue weighted by atomic mass is 79.9. The second-order valence-corrected chi connectivity index (χ2v) is 5.30. The number of tetrazole rings is 1. The van der Waals surface area contributed by atoms with Crippen molar-refractivity contribution in [1.82, 2.24) is 20.2 Å². The Labute approximate surface area is 126 Å². The van der Waals surface area contributed by atoms with E-state index in [2.05, 4.69) is 43.7 Å². The number of benzene rings is 1. The fourth-order valence-corrected chi connectivity index (χ4v) is 2.26. The largest absolute Gasteiger partial charge is 0.496 e. The van der Waals surface area contributed by atoms with Crippen molar-refractivity contribution in [3.63, 3.8) is 0 Å². The summed E-state index contributed by atoms with van der Waals surface area (Å²) in [6, 6.07) is 5.90. The van der Waals surface area contributed by atoms with E-state index >= 15 is 0 Å².